The molecule has 2 nitrogen and oxygen atoms in total. The number of piperidine rings is 1. The Labute approximate surface area is 117 Å². The van der Waals surface area contributed by atoms with Gasteiger partial charge in [0.1, 0.15) is 0 Å². The van der Waals surface area contributed by atoms with Crippen LogP contribution in [-0.2, 0) is 6.54 Å². The average Bonchev–Trinajstić information content (AvgIpc) is 2.73. The zero-order valence-corrected chi connectivity index (χ0v) is 12.8. The predicted molar refractivity (Wildman–Crippen MR) is 78.6 cm³/mol. The molecule has 1 saturated heterocycles. The fourth-order valence-corrected chi connectivity index (χ4v) is 3.59. The van der Waals surface area contributed by atoms with Gasteiger partial charge in [0.15, 0.2) is 0 Å². The zero-order valence-electron chi connectivity index (χ0n) is 10.4. The summed E-state index contributed by atoms with van der Waals surface area (Å²) in [5, 5.41) is 5.73. The van der Waals surface area contributed by atoms with Crippen molar-refractivity contribution in [2.45, 2.75) is 25.8 Å². The van der Waals surface area contributed by atoms with Crippen LogP contribution in [0.4, 0.5) is 0 Å². The van der Waals surface area contributed by atoms with Crippen molar-refractivity contribution in [1.82, 2.24) is 10.2 Å². The van der Waals surface area contributed by atoms with Crippen LogP contribution in [0.2, 0.25) is 0 Å². The van der Waals surface area contributed by atoms with Gasteiger partial charge < -0.3 is 10.2 Å². The molecule has 0 bridgehead atoms. The molecule has 1 aromatic heterocycles. The summed E-state index contributed by atoms with van der Waals surface area (Å²) in [6.45, 7) is 4.72. The summed E-state index contributed by atoms with van der Waals surface area (Å²) in [7, 11) is 2.22. The van der Waals surface area contributed by atoms with E-state index in [1.807, 2.05) is 0 Å². The van der Waals surface area contributed by atoms with Crippen LogP contribution in [0.3, 0.4) is 0 Å². The van der Waals surface area contributed by atoms with E-state index in [2.05, 4.69) is 44.6 Å². The number of hydrogen-bond donors (Lipinski definition) is 1. The lowest BCUT2D eigenvalue weighted by Gasteiger charge is -2.25. The third-order valence-electron chi connectivity index (χ3n) is 3.39. The van der Waals surface area contributed by atoms with Gasteiger partial charge in [-0.15, -0.1) is 11.3 Å². The monoisotopic (exact) mass is 316 g/mol. The first kappa shape index (κ1) is 13.5. The van der Waals surface area contributed by atoms with Crippen LogP contribution >= 0.6 is 27.3 Å². The Balaban J connectivity index is 1.68. The number of hydrogen-bond acceptors (Lipinski definition) is 3. The van der Waals surface area contributed by atoms with Crippen molar-refractivity contribution in [1.29, 1.82) is 0 Å². The second kappa shape index (κ2) is 6.88. The fourth-order valence-electron chi connectivity index (χ4n) is 2.39. The van der Waals surface area contributed by atoms with Crippen LogP contribution in [0, 0.1) is 5.92 Å². The molecule has 1 fully saturated rings. The SMILES string of the molecule is CN(CCC1CCCNC1)Cc1csc(Br)c1. The standard InChI is InChI=1S/C13H21BrN2S/c1-16(9-12-7-13(14)17-10-12)6-4-11-3-2-5-15-8-11/h7,10-11,15H,2-6,8-9H2,1H3. The molecule has 1 aromatic rings. The molecule has 1 atom stereocenters. The van der Waals surface area contributed by atoms with E-state index in [0.29, 0.717) is 0 Å². The van der Waals surface area contributed by atoms with E-state index in [9.17, 15) is 0 Å². The van der Waals surface area contributed by atoms with Gasteiger partial charge in [-0.05, 0) is 84.8 Å². The highest BCUT2D eigenvalue weighted by molar-refractivity contribution is 9.11. The van der Waals surface area contributed by atoms with E-state index >= 15 is 0 Å². The highest BCUT2D eigenvalue weighted by Crippen LogP contribution is 2.22. The Morgan fingerprint density at radius 1 is 1.59 bits per heavy atom. The lowest BCUT2D eigenvalue weighted by Crippen LogP contribution is -2.32. The molecule has 0 amide bonds. The molecule has 1 unspecified atom stereocenters. The highest BCUT2D eigenvalue weighted by Gasteiger charge is 2.13. The molecule has 1 aliphatic heterocycles. The Hall–Kier alpha value is 0.100. The molecule has 4 heteroatoms. The number of thiophene rings is 1. The molecule has 1 aliphatic rings. The average molecular weight is 317 g/mol. The van der Waals surface area contributed by atoms with E-state index in [-0.39, 0.29) is 0 Å². The number of nitrogens with zero attached hydrogens (tertiary/aromatic N) is 1. The van der Waals surface area contributed by atoms with Gasteiger partial charge in [-0.1, -0.05) is 0 Å². The molecule has 0 spiro atoms. The maximum atomic E-state index is 3.52. The maximum absolute atomic E-state index is 3.52. The summed E-state index contributed by atoms with van der Waals surface area (Å²) in [6, 6.07) is 2.23. The summed E-state index contributed by atoms with van der Waals surface area (Å²) in [5.74, 6) is 0.889. The molecule has 0 saturated carbocycles. The second-order valence-corrected chi connectivity index (χ2v) is 7.29. The molecule has 0 aromatic carbocycles. The van der Waals surface area contributed by atoms with Crippen molar-refractivity contribution in [3.63, 3.8) is 0 Å². The van der Waals surface area contributed by atoms with Gasteiger partial charge in [0, 0.05) is 6.54 Å². The molecule has 96 valence electrons. The minimum Gasteiger partial charge on any atom is -0.316 e. The van der Waals surface area contributed by atoms with Crippen molar-refractivity contribution in [3.05, 3.63) is 20.8 Å². The van der Waals surface area contributed by atoms with E-state index in [1.165, 1.54) is 48.2 Å². The third kappa shape index (κ3) is 4.70. The molecule has 0 aliphatic carbocycles. The van der Waals surface area contributed by atoms with Crippen molar-refractivity contribution < 1.29 is 0 Å². The largest absolute Gasteiger partial charge is 0.316 e. The van der Waals surface area contributed by atoms with E-state index in [1.54, 1.807) is 11.3 Å². The molecule has 2 rings (SSSR count). The van der Waals surface area contributed by atoms with Crippen LogP contribution in [0.5, 0.6) is 0 Å². The first-order valence-corrected chi connectivity index (χ1v) is 8.03. The van der Waals surface area contributed by atoms with E-state index in [4.69, 9.17) is 0 Å². The van der Waals surface area contributed by atoms with Crippen LogP contribution in [-0.4, -0.2) is 31.6 Å². The molecule has 0 radical (unpaired) electrons. The molecule has 2 heterocycles. The van der Waals surface area contributed by atoms with Crippen molar-refractivity contribution in [2.75, 3.05) is 26.7 Å². The van der Waals surface area contributed by atoms with Crippen LogP contribution in [0.25, 0.3) is 0 Å². The lowest BCUT2D eigenvalue weighted by molar-refractivity contribution is 0.268. The van der Waals surface area contributed by atoms with Gasteiger partial charge >= 0.3 is 0 Å². The minimum atomic E-state index is 0.889. The number of rotatable bonds is 5. The molecular weight excluding hydrogens is 296 g/mol. The maximum Gasteiger partial charge on any atom is 0.0701 e. The van der Waals surface area contributed by atoms with Gasteiger partial charge in [-0.3, -0.25) is 0 Å². The van der Waals surface area contributed by atoms with Crippen molar-refractivity contribution in [2.24, 2.45) is 5.92 Å². The topological polar surface area (TPSA) is 15.3 Å². The van der Waals surface area contributed by atoms with Crippen LogP contribution in [0.15, 0.2) is 15.2 Å². The summed E-state index contributed by atoms with van der Waals surface area (Å²) in [5.41, 5.74) is 1.42. The van der Waals surface area contributed by atoms with E-state index in [0.717, 1.165) is 12.5 Å². The Bertz CT molecular complexity index is 334. The fraction of sp³-hybridized carbons (Fsp3) is 0.692. The smallest absolute Gasteiger partial charge is 0.0701 e. The Morgan fingerprint density at radius 3 is 3.12 bits per heavy atom. The molecule has 17 heavy (non-hydrogen) atoms. The highest BCUT2D eigenvalue weighted by atomic mass is 79.9. The summed E-state index contributed by atoms with van der Waals surface area (Å²) < 4.78 is 1.23. The Morgan fingerprint density at radius 2 is 2.47 bits per heavy atom. The number of nitrogens with one attached hydrogen (secondary N) is 1. The summed E-state index contributed by atoms with van der Waals surface area (Å²) in [6.07, 6.45) is 4.09. The first-order chi connectivity index (χ1) is 8.24. The van der Waals surface area contributed by atoms with Crippen LogP contribution < -0.4 is 5.32 Å². The summed E-state index contributed by atoms with van der Waals surface area (Å²) >= 11 is 5.29. The van der Waals surface area contributed by atoms with Gasteiger partial charge in [-0.2, -0.15) is 0 Å². The molecular formula is C13H21BrN2S. The Kier molecular flexibility index (Phi) is 5.48. The van der Waals surface area contributed by atoms with Gasteiger partial charge in [0.2, 0.25) is 0 Å². The first-order valence-electron chi connectivity index (χ1n) is 6.36. The quantitative estimate of drug-likeness (QED) is 0.896. The third-order valence-corrected chi connectivity index (χ3v) is 4.95. The summed E-state index contributed by atoms with van der Waals surface area (Å²) in [4.78, 5) is 2.43. The van der Waals surface area contributed by atoms with Crippen molar-refractivity contribution >= 4 is 27.3 Å². The molecule has 1 N–H and O–H groups in total. The zero-order chi connectivity index (χ0) is 12.1. The lowest BCUT2D eigenvalue weighted by atomic mass is 9.96. The minimum absolute atomic E-state index is 0.889. The van der Waals surface area contributed by atoms with Crippen LogP contribution in [0.1, 0.15) is 24.8 Å². The van der Waals surface area contributed by atoms with Gasteiger partial charge in [-0.25, -0.2) is 0 Å². The second-order valence-electron chi connectivity index (χ2n) is 5.00. The normalized spacial score (nSPS) is 21.0. The van der Waals surface area contributed by atoms with Crippen molar-refractivity contribution in [3.8, 4) is 0 Å². The van der Waals surface area contributed by atoms with E-state index < -0.39 is 0 Å². The predicted octanol–water partition coefficient (Wildman–Crippen LogP) is 3.33. The van der Waals surface area contributed by atoms with Gasteiger partial charge in [0.25, 0.3) is 0 Å². The number of halogens is 1. The van der Waals surface area contributed by atoms with Gasteiger partial charge in [0.05, 0.1) is 3.79 Å².